The monoisotopic (exact) mass is 277 g/mol. The van der Waals surface area contributed by atoms with Crippen molar-refractivity contribution in [2.45, 2.75) is 32.9 Å². The molecule has 2 atom stereocenters. The standard InChI is InChI=1S/C15H20FN3O/c1-9(13-6-5-12(16)7-15(13)20)18-10(2)14-8-17-19(4)11(14)3/h5-10,18,20H,1-4H3. The first-order valence-electron chi connectivity index (χ1n) is 6.63. The number of aryl methyl sites for hydroxylation is 1. The van der Waals surface area contributed by atoms with E-state index in [2.05, 4.69) is 10.4 Å². The number of rotatable bonds is 4. The van der Waals surface area contributed by atoms with E-state index in [1.165, 1.54) is 6.07 Å². The Hall–Kier alpha value is -1.88. The van der Waals surface area contributed by atoms with E-state index in [9.17, 15) is 9.50 Å². The van der Waals surface area contributed by atoms with Crippen molar-refractivity contribution in [3.05, 3.63) is 47.0 Å². The van der Waals surface area contributed by atoms with Crippen LogP contribution >= 0.6 is 0 Å². The molecule has 0 radical (unpaired) electrons. The number of nitrogens with one attached hydrogen (secondary N) is 1. The summed E-state index contributed by atoms with van der Waals surface area (Å²) in [6, 6.07) is 4.08. The van der Waals surface area contributed by atoms with Crippen molar-refractivity contribution in [1.29, 1.82) is 0 Å². The summed E-state index contributed by atoms with van der Waals surface area (Å²) < 4.78 is 14.8. The predicted octanol–water partition coefficient (Wildman–Crippen LogP) is 2.99. The van der Waals surface area contributed by atoms with Gasteiger partial charge in [-0.1, -0.05) is 6.07 Å². The van der Waals surface area contributed by atoms with Gasteiger partial charge in [0.15, 0.2) is 0 Å². The SMILES string of the molecule is Cc1c(C(C)NC(C)c2ccc(F)cc2O)cnn1C. The van der Waals surface area contributed by atoms with Crippen LogP contribution in [0.15, 0.2) is 24.4 Å². The highest BCUT2D eigenvalue weighted by Gasteiger charge is 2.17. The van der Waals surface area contributed by atoms with Crippen molar-refractivity contribution in [3.8, 4) is 5.75 Å². The fourth-order valence-corrected chi connectivity index (χ4v) is 2.38. The molecule has 0 aliphatic carbocycles. The summed E-state index contributed by atoms with van der Waals surface area (Å²) in [5.41, 5.74) is 2.89. The second-order valence-electron chi connectivity index (χ2n) is 5.12. The molecular weight excluding hydrogens is 257 g/mol. The molecule has 0 saturated carbocycles. The Labute approximate surface area is 118 Å². The Morgan fingerprint density at radius 1 is 1.25 bits per heavy atom. The van der Waals surface area contributed by atoms with Crippen LogP contribution in [0.5, 0.6) is 5.75 Å². The lowest BCUT2D eigenvalue weighted by molar-refractivity contribution is 0.433. The molecule has 2 aromatic rings. The van der Waals surface area contributed by atoms with Crippen molar-refractivity contribution in [1.82, 2.24) is 15.1 Å². The van der Waals surface area contributed by atoms with E-state index in [0.717, 1.165) is 17.3 Å². The van der Waals surface area contributed by atoms with E-state index in [1.807, 2.05) is 38.7 Å². The van der Waals surface area contributed by atoms with Crippen LogP contribution in [0.3, 0.4) is 0 Å². The van der Waals surface area contributed by atoms with Crippen LogP contribution in [0.4, 0.5) is 4.39 Å². The Morgan fingerprint density at radius 3 is 2.45 bits per heavy atom. The molecule has 108 valence electrons. The van der Waals surface area contributed by atoms with Crippen molar-refractivity contribution in [3.63, 3.8) is 0 Å². The van der Waals surface area contributed by atoms with Gasteiger partial charge in [0, 0.05) is 42.0 Å². The van der Waals surface area contributed by atoms with Crippen molar-refractivity contribution in [2.24, 2.45) is 7.05 Å². The van der Waals surface area contributed by atoms with Gasteiger partial charge < -0.3 is 10.4 Å². The molecule has 5 heteroatoms. The minimum absolute atomic E-state index is 0.0277. The maximum Gasteiger partial charge on any atom is 0.126 e. The highest BCUT2D eigenvalue weighted by molar-refractivity contribution is 5.35. The fraction of sp³-hybridized carbons (Fsp3) is 0.400. The van der Waals surface area contributed by atoms with Gasteiger partial charge in [0.05, 0.1) is 6.20 Å². The van der Waals surface area contributed by atoms with Crippen molar-refractivity contribution >= 4 is 0 Å². The first-order chi connectivity index (χ1) is 9.40. The molecule has 1 aromatic carbocycles. The third-order valence-corrected chi connectivity index (χ3v) is 3.70. The normalized spacial score (nSPS) is 14.2. The zero-order valence-corrected chi connectivity index (χ0v) is 12.2. The molecule has 2 unspecified atom stereocenters. The fourth-order valence-electron chi connectivity index (χ4n) is 2.38. The van der Waals surface area contributed by atoms with Gasteiger partial charge >= 0.3 is 0 Å². The molecule has 0 spiro atoms. The van der Waals surface area contributed by atoms with Crippen LogP contribution in [0.1, 0.15) is 42.8 Å². The van der Waals surface area contributed by atoms with E-state index in [-0.39, 0.29) is 17.8 Å². The minimum atomic E-state index is -0.436. The van der Waals surface area contributed by atoms with Crippen LogP contribution in [-0.2, 0) is 7.05 Å². The Bertz CT molecular complexity index is 609. The lowest BCUT2D eigenvalue weighted by Gasteiger charge is -2.21. The number of halogens is 1. The summed E-state index contributed by atoms with van der Waals surface area (Å²) in [5.74, 6) is -0.463. The van der Waals surface area contributed by atoms with Crippen molar-refractivity contribution < 1.29 is 9.50 Å². The summed E-state index contributed by atoms with van der Waals surface area (Å²) in [7, 11) is 1.90. The maximum absolute atomic E-state index is 13.0. The molecule has 0 amide bonds. The number of phenols is 1. The van der Waals surface area contributed by atoms with Gasteiger partial charge in [0.2, 0.25) is 0 Å². The summed E-state index contributed by atoms with van der Waals surface area (Å²) in [4.78, 5) is 0. The Balaban J connectivity index is 2.15. The largest absolute Gasteiger partial charge is 0.508 e. The molecule has 0 fully saturated rings. The molecule has 0 saturated heterocycles. The number of benzene rings is 1. The van der Waals surface area contributed by atoms with Gasteiger partial charge in [-0.15, -0.1) is 0 Å². The highest BCUT2D eigenvalue weighted by atomic mass is 19.1. The van der Waals surface area contributed by atoms with E-state index in [1.54, 1.807) is 6.07 Å². The first-order valence-corrected chi connectivity index (χ1v) is 6.63. The molecule has 2 N–H and O–H groups in total. The third kappa shape index (κ3) is 2.82. The van der Waals surface area contributed by atoms with Crippen LogP contribution in [-0.4, -0.2) is 14.9 Å². The topological polar surface area (TPSA) is 50.1 Å². The van der Waals surface area contributed by atoms with E-state index < -0.39 is 5.82 Å². The Kier molecular flexibility index (Phi) is 4.09. The third-order valence-electron chi connectivity index (χ3n) is 3.70. The van der Waals surface area contributed by atoms with Crippen LogP contribution in [0.25, 0.3) is 0 Å². The lowest BCUT2D eigenvalue weighted by atomic mass is 10.0. The summed E-state index contributed by atoms with van der Waals surface area (Å²) >= 11 is 0. The summed E-state index contributed by atoms with van der Waals surface area (Å²) in [6.07, 6.45) is 1.84. The minimum Gasteiger partial charge on any atom is -0.508 e. The Morgan fingerprint density at radius 2 is 1.90 bits per heavy atom. The van der Waals surface area contributed by atoms with Crippen molar-refractivity contribution in [2.75, 3.05) is 0 Å². The van der Waals surface area contributed by atoms with Gasteiger partial charge in [-0.3, -0.25) is 4.68 Å². The smallest absolute Gasteiger partial charge is 0.126 e. The van der Waals surface area contributed by atoms with Gasteiger partial charge in [-0.05, 0) is 26.8 Å². The van der Waals surface area contributed by atoms with E-state index in [4.69, 9.17) is 0 Å². The van der Waals surface area contributed by atoms with Gasteiger partial charge in [-0.25, -0.2) is 4.39 Å². The number of aromatic nitrogens is 2. The molecule has 1 heterocycles. The summed E-state index contributed by atoms with van der Waals surface area (Å²) in [6.45, 7) is 6.00. The molecule has 0 aliphatic rings. The second kappa shape index (κ2) is 5.63. The number of hydrogen-bond acceptors (Lipinski definition) is 3. The number of aromatic hydroxyl groups is 1. The highest BCUT2D eigenvalue weighted by Crippen LogP contribution is 2.27. The second-order valence-corrected chi connectivity index (χ2v) is 5.12. The van der Waals surface area contributed by atoms with Gasteiger partial charge in [0.1, 0.15) is 11.6 Å². The number of phenolic OH excluding ortho intramolecular Hbond substituents is 1. The maximum atomic E-state index is 13.0. The van der Waals surface area contributed by atoms with E-state index in [0.29, 0.717) is 5.56 Å². The molecule has 1 aromatic heterocycles. The quantitative estimate of drug-likeness (QED) is 0.903. The van der Waals surface area contributed by atoms with Crippen LogP contribution in [0, 0.1) is 12.7 Å². The average molecular weight is 277 g/mol. The van der Waals surface area contributed by atoms with E-state index >= 15 is 0 Å². The number of hydrogen-bond donors (Lipinski definition) is 2. The van der Waals surface area contributed by atoms with Crippen LogP contribution < -0.4 is 5.32 Å². The zero-order chi connectivity index (χ0) is 14.9. The lowest BCUT2D eigenvalue weighted by Crippen LogP contribution is -2.23. The molecule has 20 heavy (non-hydrogen) atoms. The van der Waals surface area contributed by atoms with Gasteiger partial charge in [0.25, 0.3) is 0 Å². The van der Waals surface area contributed by atoms with Gasteiger partial charge in [-0.2, -0.15) is 5.10 Å². The predicted molar refractivity (Wildman–Crippen MR) is 76.0 cm³/mol. The molecule has 2 rings (SSSR count). The molecule has 0 aliphatic heterocycles. The van der Waals surface area contributed by atoms with Crippen LogP contribution in [0.2, 0.25) is 0 Å². The first kappa shape index (κ1) is 14.5. The summed E-state index contributed by atoms with van der Waals surface area (Å²) in [5, 5.41) is 17.4. The molecule has 0 bridgehead atoms. The zero-order valence-electron chi connectivity index (χ0n) is 12.2. The molecule has 4 nitrogen and oxygen atoms in total. The average Bonchev–Trinajstić information content (AvgIpc) is 2.69. The number of nitrogens with zero attached hydrogens (tertiary/aromatic N) is 2. The molecular formula is C15H20FN3O.